The number of carboxylic acids is 1. The van der Waals surface area contributed by atoms with E-state index in [1.807, 2.05) is 6.92 Å². The lowest BCUT2D eigenvalue weighted by Crippen LogP contribution is -2.57. The van der Waals surface area contributed by atoms with Crippen molar-refractivity contribution >= 4 is 5.97 Å². The van der Waals surface area contributed by atoms with Crippen LogP contribution in [-0.4, -0.2) is 54.3 Å². The number of carbonyl (C=O) groups is 1. The van der Waals surface area contributed by atoms with Crippen LogP contribution in [0.15, 0.2) is 23.5 Å². The molecule has 4 rings (SSSR count). The van der Waals surface area contributed by atoms with Gasteiger partial charge in [-0.3, -0.25) is 4.90 Å². The molecule has 0 spiro atoms. The van der Waals surface area contributed by atoms with E-state index in [4.69, 9.17) is 14.2 Å². The molecule has 6 nitrogen and oxygen atoms in total. The number of likely N-dealkylation sites (tertiary alicyclic amines) is 1. The molecule has 2 aliphatic carbocycles. The second-order valence-electron chi connectivity index (χ2n) is 8.17. The summed E-state index contributed by atoms with van der Waals surface area (Å²) in [6, 6.07) is 0.452. The molecule has 2 saturated heterocycles. The summed E-state index contributed by atoms with van der Waals surface area (Å²) in [5, 5.41) is 9.88. The minimum absolute atomic E-state index is 0.217. The lowest BCUT2D eigenvalue weighted by atomic mass is 9.60. The van der Waals surface area contributed by atoms with E-state index in [1.54, 1.807) is 19.3 Å². The van der Waals surface area contributed by atoms with E-state index in [2.05, 4.69) is 11.8 Å². The molecule has 4 aliphatic rings. The van der Waals surface area contributed by atoms with Crippen LogP contribution in [0.1, 0.15) is 46.0 Å². The fourth-order valence-corrected chi connectivity index (χ4v) is 5.39. The molecule has 144 valence electrons. The molecule has 0 aromatic rings. The summed E-state index contributed by atoms with van der Waals surface area (Å²) >= 11 is 0. The molecule has 2 aliphatic heterocycles. The summed E-state index contributed by atoms with van der Waals surface area (Å²) < 4.78 is 17.4. The standard InChI is InChI=1S/C20H29NO5/c1-12-25-16-8-7-15(19(22)23)20(2,18(16)26-12)13-5-4-6-14(11-13)21-10-9-17(21)24-3/h7-8,12-14,17-18H,4-6,9-11H2,1-3H3,(H,22,23). The first kappa shape index (κ1) is 18.0. The summed E-state index contributed by atoms with van der Waals surface area (Å²) in [7, 11) is 1.77. The van der Waals surface area contributed by atoms with E-state index in [1.165, 1.54) is 0 Å². The van der Waals surface area contributed by atoms with Crippen molar-refractivity contribution in [1.29, 1.82) is 0 Å². The van der Waals surface area contributed by atoms with Gasteiger partial charge in [0.15, 0.2) is 6.29 Å². The number of hydrogen-bond donors (Lipinski definition) is 1. The lowest BCUT2D eigenvalue weighted by Gasteiger charge is -2.51. The van der Waals surface area contributed by atoms with Crippen LogP contribution in [-0.2, 0) is 19.0 Å². The van der Waals surface area contributed by atoms with Gasteiger partial charge in [-0.25, -0.2) is 4.79 Å². The SMILES string of the molecule is COC1CCN1C1CCCC(C2(C)C(C(=O)O)=CC=C3OC(C)OC32)C1. The molecule has 0 bridgehead atoms. The molecule has 6 unspecified atom stereocenters. The number of nitrogens with zero attached hydrogens (tertiary/aromatic N) is 1. The largest absolute Gasteiger partial charge is 0.478 e. The number of fused-ring (bicyclic) bond motifs is 1. The Morgan fingerprint density at radius 1 is 1.35 bits per heavy atom. The maximum absolute atomic E-state index is 12.0. The minimum atomic E-state index is -0.855. The van der Waals surface area contributed by atoms with Crippen molar-refractivity contribution < 1.29 is 24.1 Å². The van der Waals surface area contributed by atoms with E-state index in [0.717, 1.165) is 44.4 Å². The Labute approximate surface area is 154 Å². The summed E-state index contributed by atoms with van der Waals surface area (Å²) in [5.41, 5.74) is -0.131. The predicted octanol–water partition coefficient (Wildman–Crippen LogP) is 2.90. The Morgan fingerprint density at radius 3 is 2.81 bits per heavy atom. The number of ether oxygens (including phenoxy) is 3. The maximum atomic E-state index is 12.0. The summed E-state index contributed by atoms with van der Waals surface area (Å²) in [4.78, 5) is 14.5. The van der Waals surface area contributed by atoms with Gasteiger partial charge >= 0.3 is 5.97 Å². The third-order valence-corrected chi connectivity index (χ3v) is 6.90. The van der Waals surface area contributed by atoms with Crippen LogP contribution in [0.25, 0.3) is 0 Å². The Kier molecular flexibility index (Phi) is 4.61. The maximum Gasteiger partial charge on any atom is 0.332 e. The van der Waals surface area contributed by atoms with Crippen molar-refractivity contribution in [3.05, 3.63) is 23.5 Å². The monoisotopic (exact) mass is 363 g/mol. The number of aliphatic carboxylic acids is 1. The second kappa shape index (κ2) is 6.66. The Bertz CT molecular complexity index is 642. The molecule has 0 aromatic carbocycles. The smallest absolute Gasteiger partial charge is 0.332 e. The van der Waals surface area contributed by atoms with E-state index < -0.39 is 11.4 Å². The zero-order chi connectivity index (χ0) is 18.5. The molecular formula is C20H29NO5. The quantitative estimate of drug-likeness (QED) is 0.828. The molecule has 0 amide bonds. The average molecular weight is 363 g/mol. The van der Waals surface area contributed by atoms with Gasteiger partial charge in [0.2, 0.25) is 0 Å². The van der Waals surface area contributed by atoms with Gasteiger partial charge in [-0.15, -0.1) is 0 Å². The molecular weight excluding hydrogens is 334 g/mol. The molecule has 6 atom stereocenters. The zero-order valence-corrected chi connectivity index (χ0v) is 15.8. The van der Waals surface area contributed by atoms with Gasteiger partial charge in [0.25, 0.3) is 0 Å². The summed E-state index contributed by atoms with van der Waals surface area (Å²) in [6.45, 7) is 5.00. The highest BCUT2D eigenvalue weighted by atomic mass is 16.7. The van der Waals surface area contributed by atoms with E-state index in [0.29, 0.717) is 11.6 Å². The van der Waals surface area contributed by atoms with Crippen LogP contribution in [0.5, 0.6) is 0 Å². The average Bonchev–Trinajstić information content (AvgIpc) is 2.96. The van der Waals surface area contributed by atoms with Crippen molar-refractivity contribution in [3.8, 4) is 0 Å². The number of rotatable bonds is 4. The number of allylic oxidation sites excluding steroid dienone is 2. The van der Waals surface area contributed by atoms with Crippen molar-refractivity contribution in [1.82, 2.24) is 4.90 Å². The van der Waals surface area contributed by atoms with E-state index in [9.17, 15) is 9.90 Å². The molecule has 1 saturated carbocycles. The van der Waals surface area contributed by atoms with Gasteiger partial charge < -0.3 is 19.3 Å². The topological polar surface area (TPSA) is 68.2 Å². The minimum Gasteiger partial charge on any atom is -0.478 e. The van der Waals surface area contributed by atoms with Crippen LogP contribution >= 0.6 is 0 Å². The molecule has 26 heavy (non-hydrogen) atoms. The highest BCUT2D eigenvalue weighted by molar-refractivity contribution is 5.89. The predicted molar refractivity (Wildman–Crippen MR) is 95.2 cm³/mol. The molecule has 0 aromatic heterocycles. The van der Waals surface area contributed by atoms with Crippen molar-refractivity contribution in [2.75, 3.05) is 13.7 Å². The fourth-order valence-electron chi connectivity index (χ4n) is 5.39. The number of hydrogen-bond acceptors (Lipinski definition) is 5. The van der Waals surface area contributed by atoms with Crippen molar-refractivity contribution in [2.24, 2.45) is 11.3 Å². The van der Waals surface area contributed by atoms with Gasteiger partial charge in [0.05, 0.1) is 0 Å². The van der Waals surface area contributed by atoms with Gasteiger partial charge in [-0.1, -0.05) is 13.3 Å². The Morgan fingerprint density at radius 2 is 2.15 bits per heavy atom. The molecule has 1 N–H and O–H groups in total. The molecule has 3 fully saturated rings. The third-order valence-electron chi connectivity index (χ3n) is 6.90. The molecule has 2 heterocycles. The zero-order valence-electron chi connectivity index (χ0n) is 15.8. The fraction of sp³-hybridized carbons (Fsp3) is 0.750. The first-order chi connectivity index (χ1) is 12.4. The first-order valence-electron chi connectivity index (χ1n) is 9.71. The Balaban J connectivity index is 1.61. The van der Waals surface area contributed by atoms with Crippen molar-refractivity contribution in [3.63, 3.8) is 0 Å². The van der Waals surface area contributed by atoms with Crippen LogP contribution < -0.4 is 0 Å². The van der Waals surface area contributed by atoms with Crippen LogP contribution in [0.3, 0.4) is 0 Å². The number of carboxylic acid groups (broad SMARTS) is 1. The normalized spacial score (nSPS) is 43.0. The van der Waals surface area contributed by atoms with Crippen LogP contribution in [0, 0.1) is 11.3 Å². The van der Waals surface area contributed by atoms with E-state index in [-0.39, 0.29) is 24.5 Å². The van der Waals surface area contributed by atoms with Gasteiger partial charge in [-0.05, 0) is 50.7 Å². The third kappa shape index (κ3) is 2.70. The summed E-state index contributed by atoms with van der Waals surface area (Å²) in [5.74, 6) is 0.155. The highest BCUT2D eigenvalue weighted by Crippen LogP contribution is 2.53. The highest BCUT2D eigenvalue weighted by Gasteiger charge is 2.55. The van der Waals surface area contributed by atoms with Crippen LogP contribution in [0.4, 0.5) is 0 Å². The molecule has 6 heteroatoms. The van der Waals surface area contributed by atoms with E-state index >= 15 is 0 Å². The lowest BCUT2D eigenvalue weighted by molar-refractivity contribution is -0.144. The van der Waals surface area contributed by atoms with Crippen molar-refractivity contribution in [2.45, 2.75) is 70.6 Å². The van der Waals surface area contributed by atoms with Crippen LogP contribution in [0.2, 0.25) is 0 Å². The van der Waals surface area contributed by atoms with Gasteiger partial charge in [0, 0.05) is 30.7 Å². The summed E-state index contributed by atoms with van der Waals surface area (Å²) in [6.07, 6.45) is 8.40. The number of methoxy groups -OCH3 is 1. The van der Waals surface area contributed by atoms with Gasteiger partial charge in [0.1, 0.15) is 18.1 Å². The molecule has 0 radical (unpaired) electrons. The van der Waals surface area contributed by atoms with Gasteiger partial charge in [-0.2, -0.15) is 0 Å². The second-order valence-corrected chi connectivity index (χ2v) is 8.17. The Hall–Kier alpha value is -1.37. The first-order valence-corrected chi connectivity index (χ1v) is 9.71.